The van der Waals surface area contributed by atoms with Gasteiger partial charge < -0.3 is 24.1 Å². The summed E-state index contributed by atoms with van der Waals surface area (Å²) in [6.07, 6.45) is 0. The van der Waals surface area contributed by atoms with Gasteiger partial charge in [0.25, 0.3) is 11.7 Å². The largest absolute Gasteiger partial charge is 0.507 e. The molecular weight excluding hydrogens is 510 g/mol. The van der Waals surface area contributed by atoms with Gasteiger partial charge in [0.05, 0.1) is 43.6 Å². The highest BCUT2D eigenvalue weighted by atomic mass is 16.5. The molecule has 1 heterocycles. The van der Waals surface area contributed by atoms with E-state index < -0.39 is 17.7 Å². The number of hydrogen-bond acceptors (Lipinski definition) is 7. The number of hydrogen-bond donors (Lipinski definition) is 1. The molecule has 40 heavy (non-hydrogen) atoms. The molecule has 1 aliphatic heterocycles. The number of aliphatic hydroxyl groups is 1. The van der Waals surface area contributed by atoms with Gasteiger partial charge >= 0.3 is 0 Å². The second kappa shape index (κ2) is 12.6. The summed E-state index contributed by atoms with van der Waals surface area (Å²) >= 11 is 0. The molecule has 1 saturated heterocycles. The fourth-order valence-corrected chi connectivity index (χ4v) is 4.82. The smallest absolute Gasteiger partial charge is 0.300 e. The zero-order chi connectivity index (χ0) is 28.8. The Morgan fingerprint density at radius 1 is 0.775 bits per heavy atom. The Kier molecular flexibility index (Phi) is 8.99. The number of nitrogens with zero attached hydrogens (tertiary/aromatic N) is 1. The molecule has 1 amide bonds. The molecule has 0 spiro atoms. The van der Waals surface area contributed by atoms with Crippen LogP contribution in [0.5, 0.6) is 23.0 Å². The summed E-state index contributed by atoms with van der Waals surface area (Å²) in [6, 6.07) is 16.7. The number of aryl methyl sites for hydroxylation is 1. The molecule has 0 radical (unpaired) electrons. The predicted octanol–water partition coefficient (Wildman–Crippen LogP) is 6.22. The molecule has 0 saturated carbocycles. The number of Topliss-reactive ketones (excluding diaryl/α,β-unsaturated/α-hetero) is 1. The number of anilines is 1. The molecule has 1 aliphatic rings. The molecule has 0 bridgehead atoms. The van der Waals surface area contributed by atoms with E-state index in [1.807, 2.05) is 58.9 Å². The van der Waals surface area contributed by atoms with E-state index in [-0.39, 0.29) is 11.3 Å². The van der Waals surface area contributed by atoms with Crippen molar-refractivity contribution in [2.75, 3.05) is 31.3 Å². The maximum atomic E-state index is 13.7. The van der Waals surface area contributed by atoms with Crippen LogP contribution in [0.2, 0.25) is 0 Å². The monoisotopic (exact) mass is 545 g/mol. The minimum absolute atomic E-state index is 0.0347. The Morgan fingerprint density at radius 2 is 1.45 bits per heavy atom. The van der Waals surface area contributed by atoms with Crippen molar-refractivity contribution in [1.29, 1.82) is 0 Å². The Morgan fingerprint density at radius 3 is 2.12 bits per heavy atom. The lowest BCUT2D eigenvalue weighted by molar-refractivity contribution is -0.132. The number of ketones is 1. The van der Waals surface area contributed by atoms with Crippen molar-refractivity contribution >= 4 is 23.1 Å². The molecule has 0 aromatic heterocycles. The topological polar surface area (TPSA) is 94.5 Å². The first kappa shape index (κ1) is 28.5. The van der Waals surface area contributed by atoms with Crippen molar-refractivity contribution in [3.8, 4) is 23.0 Å². The van der Waals surface area contributed by atoms with Crippen molar-refractivity contribution in [3.63, 3.8) is 0 Å². The Hall–Kier alpha value is -4.46. The summed E-state index contributed by atoms with van der Waals surface area (Å²) in [6.45, 7) is 11.0. The van der Waals surface area contributed by atoms with E-state index in [2.05, 4.69) is 0 Å². The number of rotatable bonds is 11. The van der Waals surface area contributed by atoms with Gasteiger partial charge in [-0.1, -0.05) is 29.8 Å². The van der Waals surface area contributed by atoms with Crippen LogP contribution in [0.3, 0.4) is 0 Å². The lowest BCUT2D eigenvalue weighted by Gasteiger charge is -2.26. The van der Waals surface area contributed by atoms with Gasteiger partial charge in [0.2, 0.25) is 0 Å². The van der Waals surface area contributed by atoms with Crippen molar-refractivity contribution in [2.24, 2.45) is 0 Å². The summed E-state index contributed by atoms with van der Waals surface area (Å²) in [4.78, 5) is 28.7. The van der Waals surface area contributed by atoms with Crippen molar-refractivity contribution in [3.05, 3.63) is 82.9 Å². The molecule has 4 rings (SSSR count). The minimum atomic E-state index is -0.895. The Labute approximate surface area is 234 Å². The molecule has 3 aromatic carbocycles. The molecule has 1 fully saturated rings. The number of carbonyl (C=O) groups excluding carboxylic acids is 2. The van der Waals surface area contributed by atoms with Crippen LogP contribution in [0.15, 0.2) is 66.2 Å². The fourth-order valence-electron chi connectivity index (χ4n) is 4.82. The second-order valence-electron chi connectivity index (χ2n) is 9.10. The molecular formula is C32H35NO7. The fraction of sp³-hybridized carbons (Fsp3) is 0.312. The average Bonchev–Trinajstić information content (AvgIpc) is 3.20. The van der Waals surface area contributed by atoms with Gasteiger partial charge in [-0.2, -0.15) is 0 Å². The summed E-state index contributed by atoms with van der Waals surface area (Å²) in [5.41, 5.74) is 2.32. The van der Waals surface area contributed by atoms with Gasteiger partial charge in [-0.3, -0.25) is 14.5 Å². The van der Waals surface area contributed by atoms with E-state index in [0.717, 1.165) is 5.56 Å². The third kappa shape index (κ3) is 5.61. The lowest BCUT2D eigenvalue weighted by Crippen LogP contribution is -2.29. The standard InChI is InChI=1S/C32H35NO7/c1-6-37-23-14-15-24(26(19-23)39-8-3)30(34)28-29(21-12-10-11-20(5)17-21)33(32(36)31(28)35)22-13-16-25(38-7-2)27(18-22)40-9-4/h10-19,29,34H,6-9H2,1-5H3/b30-28-. The molecule has 210 valence electrons. The van der Waals surface area contributed by atoms with Gasteiger partial charge in [-0.15, -0.1) is 0 Å². The van der Waals surface area contributed by atoms with Crippen LogP contribution in [0.25, 0.3) is 5.76 Å². The summed E-state index contributed by atoms with van der Waals surface area (Å²) in [5, 5.41) is 11.7. The summed E-state index contributed by atoms with van der Waals surface area (Å²) in [5.74, 6) is 0.0193. The van der Waals surface area contributed by atoms with Gasteiger partial charge in [0, 0.05) is 17.8 Å². The number of benzene rings is 3. The Bertz CT molecular complexity index is 1430. The quantitative estimate of drug-likeness (QED) is 0.174. The molecule has 1 N–H and O–H groups in total. The lowest BCUT2D eigenvalue weighted by atomic mass is 9.94. The number of carbonyl (C=O) groups is 2. The molecule has 8 nitrogen and oxygen atoms in total. The van der Waals surface area contributed by atoms with Crippen LogP contribution in [-0.2, 0) is 9.59 Å². The van der Waals surface area contributed by atoms with Crippen molar-refractivity contribution in [2.45, 2.75) is 40.7 Å². The first-order chi connectivity index (χ1) is 19.3. The number of amides is 1. The van der Waals surface area contributed by atoms with E-state index in [9.17, 15) is 14.7 Å². The van der Waals surface area contributed by atoms with Crippen LogP contribution in [0.4, 0.5) is 5.69 Å². The van der Waals surface area contributed by atoms with Crippen molar-refractivity contribution < 1.29 is 33.6 Å². The number of ether oxygens (including phenoxy) is 4. The molecule has 8 heteroatoms. The van der Waals surface area contributed by atoms with E-state index in [1.165, 1.54) is 4.90 Å². The van der Waals surface area contributed by atoms with Crippen LogP contribution in [0.1, 0.15) is 50.4 Å². The zero-order valence-electron chi connectivity index (χ0n) is 23.5. The van der Waals surface area contributed by atoms with Crippen LogP contribution in [-0.4, -0.2) is 43.2 Å². The predicted molar refractivity (Wildman–Crippen MR) is 154 cm³/mol. The zero-order valence-corrected chi connectivity index (χ0v) is 23.5. The minimum Gasteiger partial charge on any atom is -0.507 e. The van der Waals surface area contributed by atoms with Gasteiger partial charge in [0.1, 0.15) is 17.3 Å². The highest BCUT2D eigenvalue weighted by Crippen LogP contribution is 2.45. The normalized spacial score (nSPS) is 16.2. The third-order valence-corrected chi connectivity index (χ3v) is 6.43. The SMILES string of the molecule is CCOc1ccc(/C(O)=C2/C(=O)C(=O)N(c3ccc(OCC)c(OCC)c3)C2c2cccc(C)c2)c(OCC)c1. The summed E-state index contributed by atoms with van der Waals surface area (Å²) < 4.78 is 22.9. The average molecular weight is 546 g/mol. The molecule has 1 atom stereocenters. The third-order valence-electron chi connectivity index (χ3n) is 6.43. The van der Waals surface area contributed by atoms with Crippen LogP contribution < -0.4 is 23.8 Å². The van der Waals surface area contributed by atoms with E-state index in [4.69, 9.17) is 18.9 Å². The molecule has 0 aliphatic carbocycles. The number of aliphatic hydroxyl groups excluding tert-OH is 1. The Balaban J connectivity index is 1.94. The summed E-state index contributed by atoms with van der Waals surface area (Å²) in [7, 11) is 0. The first-order valence-electron chi connectivity index (χ1n) is 13.5. The van der Waals surface area contributed by atoms with Gasteiger partial charge in [0.15, 0.2) is 11.5 Å². The maximum absolute atomic E-state index is 13.7. The van der Waals surface area contributed by atoms with Gasteiger partial charge in [-0.25, -0.2) is 0 Å². The van der Waals surface area contributed by atoms with E-state index >= 15 is 0 Å². The molecule has 1 unspecified atom stereocenters. The maximum Gasteiger partial charge on any atom is 0.300 e. The highest BCUT2D eigenvalue weighted by molar-refractivity contribution is 6.51. The van der Waals surface area contributed by atoms with Crippen LogP contribution in [0, 0.1) is 6.92 Å². The van der Waals surface area contributed by atoms with E-state index in [1.54, 1.807) is 36.4 Å². The van der Waals surface area contributed by atoms with Gasteiger partial charge in [-0.05, 0) is 64.4 Å². The first-order valence-corrected chi connectivity index (χ1v) is 13.5. The van der Waals surface area contributed by atoms with Crippen molar-refractivity contribution in [1.82, 2.24) is 0 Å². The highest BCUT2D eigenvalue weighted by Gasteiger charge is 2.47. The van der Waals surface area contributed by atoms with E-state index in [0.29, 0.717) is 66.2 Å². The van der Waals surface area contributed by atoms with Crippen LogP contribution >= 0.6 is 0 Å². The molecule has 3 aromatic rings. The second-order valence-corrected chi connectivity index (χ2v) is 9.10.